The highest BCUT2D eigenvalue weighted by Crippen LogP contribution is 2.28. The Kier molecular flexibility index (Phi) is 6.92. The molecule has 0 aliphatic heterocycles. The molecule has 3 aromatic rings. The van der Waals surface area contributed by atoms with Crippen LogP contribution in [0.15, 0.2) is 66.7 Å². The van der Waals surface area contributed by atoms with Gasteiger partial charge < -0.3 is 19.5 Å². The van der Waals surface area contributed by atoms with Crippen molar-refractivity contribution >= 4 is 17.6 Å². The van der Waals surface area contributed by atoms with Crippen LogP contribution in [-0.4, -0.2) is 26.1 Å². The van der Waals surface area contributed by atoms with Crippen LogP contribution >= 0.6 is 0 Å². The number of rotatable bonds is 7. The van der Waals surface area contributed by atoms with E-state index in [0.29, 0.717) is 22.7 Å². The Labute approximate surface area is 181 Å². The van der Waals surface area contributed by atoms with Crippen LogP contribution in [0, 0.1) is 13.8 Å². The highest BCUT2D eigenvalue weighted by atomic mass is 16.6. The van der Waals surface area contributed by atoms with Gasteiger partial charge in [-0.2, -0.15) is 0 Å². The monoisotopic (exact) mass is 419 g/mol. The second kappa shape index (κ2) is 9.80. The molecule has 0 fully saturated rings. The van der Waals surface area contributed by atoms with Crippen molar-refractivity contribution in [1.82, 2.24) is 0 Å². The van der Waals surface area contributed by atoms with Gasteiger partial charge in [0.2, 0.25) is 6.10 Å². The predicted octanol–water partition coefficient (Wildman–Crippen LogP) is 4.86. The molecule has 1 amide bonds. The van der Waals surface area contributed by atoms with Crippen LogP contribution < -0.4 is 14.8 Å². The third-order valence-electron chi connectivity index (χ3n) is 4.84. The third kappa shape index (κ3) is 5.22. The number of carbonyl (C=O) groups excluding carboxylic acids is 2. The number of amides is 1. The van der Waals surface area contributed by atoms with Gasteiger partial charge in [-0.15, -0.1) is 0 Å². The lowest BCUT2D eigenvalue weighted by Crippen LogP contribution is -2.26. The number of esters is 1. The Morgan fingerprint density at radius 3 is 2.29 bits per heavy atom. The van der Waals surface area contributed by atoms with Crippen LogP contribution in [0.3, 0.4) is 0 Å². The molecule has 3 rings (SSSR count). The number of benzene rings is 3. The molecule has 160 valence electrons. The lowest BCUT2D eigenvalue weighted by molar-refractivity contribution is -0.125. The van der Waals surface area contributed by atoms with Gasteiger partial charge in [0.1, 0.15) is 17.1 Å². The normalized spacial score (nSPS) is 11.4. The number of hydrogen-bond acceptors (Lipinski definition) is 5. The molecule has 0 saturated heterocycles. The Morgan fingerprint density at radius 2 is 1.61 bits per heavy atom. The first-order valence-electron chi connectivity index (χ1n) is 9.79. The maximum absolute atomic E-state index is 13.2. The molecule has 6 heteroatoms. The fraction of sp³-hybridized carbons (Fsp3) is 0.200. The summed E-state index contributed by atoms with van der Waals surface area (Å²) in [5, 5.41) is 2.89. The standard InChI is InChI=1S/C25H25NO5/c1-16-10-11-17(2)21(14-16)26-24(27)23(18-8-6-5-7-9-18)31-25(28)20-13-12-19(29-3)15-22(20)30-4/h5-15,23H,1-4H3,(H,26,27)/t23-/m0/s1. The van der Waals surface area contributed by atoms with Crippen molar-refractivity contribution in [2.24, 2.45) is 0 Å². The van der Waals surface area contributed by atoms with Gasteiger partial charge in [-0.05, 0) is 43.2 Å². The minimum atomic E-state index is -1.14. The number of ether oxygens (including phenoxy) is 3. The molecule has 31 heavy (non-hydrogen) atoms. The number of carbonyl (C=O) groups is 2. The van der Waals surface area contributed by atoms with Crippen LogP contribution in [0.1, 0.15) is 33.2 Å². The quantitative estimate of drug-likeness (QED) is 0.554. The molecule has 0 aromatic heterocycles. The zero-order chi connectivity index (χ0) is 22.4. The van der Waals surface area contributed by atoms with Crippen LogP contribution in [0.5, 0.6) is 11.5 Å². The zero-order valence-electron chi connectivity index (χ0n) is 18.0. The largest absolute Gasteiger partial charge is 0.497 e. The van der Waals surface area contributed by atoms with Crippen molar-refractivity contribution in [3.05, 3.63) is 89.0 Å². The second-order valence-electron chi connectivity index (χ2n) is 7.07. The van der Waals surface area contributed by atoms with Crippen molar-refractivity contribution < 1.29 is 23.8 Å². The Bertz CT molecular complexity index is 1080. The average molecular weight is 419 g/mol. The van der Waals surface area contributed by atoms with Gasteiger partial charge >= 0.3 is 5.97 Å². The molecule has 0 unspecified atom stereocenters. The fourth-order valence-corrected chi connectivity index (χ4v) is 3.11. The molecule has 0 saturated carbocycles. The van der Waals surface area contributed by atoms with Crippen LogP contribution in [-0.2, 0) is 9.53 Å². The SMILES string of the molecule is COc1ccc(C(=O)O[C@H](C(=O)Nc2cc(C)ccc2C)c2ccccc2)c(OC)c1. The Balaban J connectivity index is 1.90. The summed E-state index contributed by atoms with van der Waals surface area (Å²) >= 11 is 0. The zero-order valence-corrected chi connectivity index (χ0v) is 18.0. The van der Waals surface area contributed by atoms with Gasteiger partial charge in [0.15, 0.2) is 0 Å². The van der Waals surface area contributed by atoms with E-state index < -0.39 is 18.0 Å². The maximum atomic E-state index is 13.2. The summed E-state index contributed by atoms with van der Waals surface area (Å²) in [7, 11) is 2.98. The third-order valence-corrected chi connectivity index (χ3v) is 4.84. The predicted molar refractivity (Wildman–Crippen MR) is 119 cm³/mol. The van der Waals surface area contributed by atoms with Crippen LogP contribution in [0.2, 0.25) is 0 Å². The summed E-state index contributed by atoms with van der Waals surface area (Å²) in [4.78, 5) is 26.1. The van der Waals surface area contributed by atoms with E-state index >= 15 is 0 Å². The fourth-order valence-electron chi connectivity index (χ4n) is 3.11. The van der Waals surface area contributed by atoms with Gasteiger partial charge in [0.25, 0.3) is 5.91 Å². The van der Waals surface area contributed by atoms with Gasteiger partial charge in [0.05, 0.1) is 14.2 Å². The lowest BCUT2D eigenvalue weighted by atomic mass is 10.1. The number of hydrogen-bond donors (Lipinski definition) is 1. The first kappa shape index (κ1) is 21.9. The lowest BCUT2D eigenvalue weighted by Gasteiger charge is -2.20. The molecule has 0 aliphatic carbocycles. The topological polar surface area (TPSA) is 73.9 Å². The van der Waals surface area contributed by atoms with Gasteiger partial charge in [-0.25, -0.2) is 4.79 Å². The molecule has 0 spiro atoms. The maximum Gasteiger partial charge on any atom is 0.343 e. The number of anilines is 1. The van der Waals surface area contributed by atoms with Crippen molar-refractivity contribution in [2.45, 2.75) is 20.0 Å². The molecule has 3 aromatic carbocycles. The highest BCUT2D eigenvalue weighted by molar-refractivity contribution is 5.99. The van der Waals surface area contributed by atoms with E-state index in [1.165, 1.54) is 14.2 Å². The summed E-state index contributed by atoms with van der Waals surface area (Å²) in [6.07, 6.45) is -1.14. The summed E-state index contributed by atoms with van der Waals surface area (Å²) in [6.45, 7) is 3.85. The smallest absolute Gasteiger partial charge is 0.343 e. The molecule has 1 N–H and O–H groups in total. The minimum Gasteiger partial charge on any atom is -0.497 e. The van der Waals surface area contributed by atoms with E-state index in [0.717, 1.165) is 11.1 Å². The Morgan fingerprint density at radius 1 is 0.871 bits per heavy atom. The molecule has 0 heterocycles. The van der Waals surface area contributed by atoms with Gasteiger partial charge in [0, 0.05) is 17.3 Å². The van der Waals surface area contributed by atoms with Crippen LogP contribution in [0.4, 0.5) is 5.69 Å². The first-order valence-corrected chi connectivity index (χ1v) is 9.79. The molecular formula is C25H25NO5. The second-order valence-corrected chi connectivity index (χ2v) is 7.07. The summed E-state index contributed by atoms with van der Waals surface area (Å²) < 4.78 is 16.1. The average Bonchev–Trinajstić information content (AvgIpc) is 2.79. The van der Waals surface area contributed by atoms with E-state index in [2.05, 4.69) is 5.32 Å². The van der Waals surface area contributed by atoms with Gasteiger partial charge in [-0.1, -0.05) is 42.5 Å². The molecule has 0 bridgehead atoms. The minimum absolute atomic E-state index is 0.198. The van der Waals surface area contributed by atoms with Crippen molar-refractivity contribution in [3.63, 3.8) is 0 Å². The molecule has 0 aliphatic rings. The van der Waals surface area contributed by atoms with E-state index in [1.54, 1.807) is 42.5 Å². The van der Waals surface area contributed by atoms with Crippen LogP contribution in [0.25, 0.3) is 0 Å². The van der Waals surface area contributed by atoms with Crippen molar-refractivity contribution in [3.8, 4) is 11.5 Å². The number of aryl methyl sites for hydroxylation is 2. The van der Waals surface area contributed by atoms with Crippen molar-refractivity contribution in [1.29, 1.82) is 0 Å². The first-order chi connectivity index (χ1) is 14.9. The van der Waals surface area contributed by atoms with E-state index in [1.807, 2.05) is 38.1 Å². The molecule has 1 atom stereocenters. The number of nitrogens with one attached hydrogen (secondary N) is 1. The summed E-state index contributed by atoms with van der Waals surface area (Å²) in [5.74, 6) is -0.281. The highest BCUT2D eigenvalue weighted by Gasteiger charge is 2.27. The molecular weight excluding hydrogens is 394 g/mol. The van der Waals surface area contributed by atoms with E-state index in [9.17, 15) is 9.59 Å². The van der Waals surface area contributed by atoms with Gasteiger partial charge in [-0.3, -0.25) is 4.79 Å². The van der Waals surface area contributed by atoms with E-state index in [-0.39, 0.29) is 5.56 Å². The molecule has 6 nitrogen and oxygen atoms in total. The van der Waals surface area contributed by atoms with Crippen molar-refractivity contribution in [2.75, 3.05) is 19.5 Å². The van der Waals surface area contributed by atoms with E-state index in [4.69, 9.17) is 14.2 Å². The molecule has 0 radical (unpaired) electrons. The summed E-state index contributed by atoms with van der Waals surface area (Å²) in [6, 6.07) is 19.4. The summed E-state index contributed by atoms with van der Waals surface area (Å²) in [5.41, 5.74) is 3.35. The Hall–Kier alpha value is -3.80. The number of methoxy groups -OCH3 is 2.